The summed E-state index contributed by atoms with van der Waals surface area (Å²) in [6.45, 7) is 2.05. The van der Waals surface area contributed by atoms with Crippen LogP contribution in [-0.4, -0.2) is 10.2 Å². The van der Waals surface area contributed by atoms with Crippen molar-refractivity contribution >= 4 is 34.5 Å². The van der Waals surface area contributed by atoms with Gasteiger partial charge in [-0.2, -0.15) is 0 Å². The number of rotatable bonds is 3. The van der Waals surface area contributed by atoms with E-state index in [9.17, 15) is 4.79 Å². The average Bonchev–Trinajstić information content (AvgIpc) is 2.16. The minimum Gasteiger partial charge on any atom is -0.294 e. The molecule has 68 valence electrons. The normalized spacial score (nSPS) is 10.6. The lowest BCUT2D eigenvalue weighted by molar-refractivity contribution is -0.112. The first kappa shape index (κ1) is 10.4. The molecular formula is C11H11IO. The first-order chi connectivity index (χ1) is 6.22. The highest BCUT2D eigenvalue weighted by molar-refractivity contribution is 14.1. The number of hydrogen-bond donors (Lipinski definition) is 0. The molecule has 0 spiro atoms. The lowest BCUT2D eigenvalue weighted by Gasteiger charge is -1.93. The fourth-order valence-corrected chi connectivity index (χ4v) is 1.17. The van der Waals surface area contributed by atoms with Crippen molar-refractivity contribution in [1.29, 1.82) is 0 Å². The number of allylic oxidation sites excluding steroid dienone is 1. The number of ketones is 1. The van der Waals surface area contributed by atoms with Crippen molar-refractivity contribution < 1.29 is 4.79 Å². The van der Waals surface area contributed by atoms with E-state index in [-0.39, 0.29) is 5.78 Å². The monoisotopic (exact) mass is 286 g/mol. The molecule has 0 unspecified atom stereocenters. The molecule has 0 aromatic heterocycles. The predicted octanol–water partition coefficient (Wildman–Crippen LogP) is 3.01. The minimum absolute atomic E-state index is 0.154. The molecule has 0 aliphatic heterocycles. The highest BCUT2D eigenvalue weighted by Crippen LogP contribution is 2.05. The Balaban J connectivity index is 2.69. The zero-order valence-corrected chi connectivity index (χ0v) is 9.61. The summed E-state index contributed by atoms with van der Waals surface area (Å²) in [5, 5.41) is 0. The van der Waals surface area contributed by atoms with Gasteiger partial charge in [0, 0.05) is 0 Å². The third kappa shape index (κ3) is 3.72. The molecule has 0 atom stereocenters. The van der Waals surface area contributed by atoms with E-state index in [0.29, 0.717) is 4.43 Å². The fraction of sp³-hybridized carbons (Fsp3) is 0.182. The van der Waals surface area contributed by atoms with E-state index >= 15 is 0 Å². The molecule has 1 nitrogen and oxygen atoms in total. The molecular weight excluding hydrogens is 275 g/mol. The van der Waals surface area contributed by atoms with Crippen molar-refractivity contribution in [2.24, 2.45) is 0 Å². The summed E-state index contributed by atoms with van der Waals surface area (Å²) in [5.41, 5.74) is 2.31. The second-order valence-corrected chi connectivity index (χ2v) is 3.61. The Morgan fingerprint density at radius 1 is 1.38 bits per heavy atom. The summed E-state index contributed by atoms with van der Waals surface area (Å²) in [5.74, 6) is 0.154. The van der Waals surface area contributed by atoms with Gasteiger partial charge < -0.3 is 0 Å². The van der Waals surface area contributed by atoms with Crippen LogP contribution in [0.25, 0.3) is 6.08 Å². The molecule has 0 saturated heterocycles. The largest absolute Gasteiger partial charge is 0.294 e. The smallest absolute Gasteiger partial charge is 0.165 e. The van der Waals surface area contributed by atoms with Crippen LogP contribution in [0, 0.1) is 6.92 Å². The minimum atomic E-state index is 0.154. The van der Waals surface area contributed by atoms with Gasteiger partial charge in [0.15, 0.2) is 5.78 Å². The van der Waals surface area contributed by atoms with Crippen molar-refractivity contribution in [3.05, 3.63) is 41.5 Å². The van der Waals surface area contributed by atoms with Crippen molar-refractivity contribution in [3.63, 3.8) is 0 Å². The highest BCUT2D eigenvalue weighted by Gasteiger charge is 1.91. The third-order valence-electron chi connectivity index (χ3n) is 1.67. The lowest BCUT2D eigenvalue weighted by atomic mass is 10.1. The second-order valence-electron chi connectivity index (χ2n) is 2.84. The first-order valence-electron chi connectivity index (χ1n) is 4.06. The second kappa shape index (κ2) is 5.17. The molecule has 0 bridgehead atoms. The van der Waals surface area contributed by atoms with Crippen molar-refractivity contribution in [2.75, 3.05) is 4.43 Å². The van der Waals surface area contributed by atoms with E-state index in [2.05, 4.69) is 22.6 Å². The topological polar surface area (TPSA) is 17.1 Å². The molecule has 13 heavy (non-hydrogen) atoms. The summed E-state index contributed by atoms with van der Waals surface area (Å²) >= 11 is 2.06. The number of benzene rings is 1. The zero-order chi connectivity index (χ0) is 9.68. The number of carbonyl (C=O) groups excluding carboxylic acids is 1. The number of hydrogen-bond acceptors (Lipinski definition) is 1. The molecule has 0 heterocycles. The Morgan fingerprint density at radius 3 is 2.54 bits per heavy atom. The highest BCUT2D eigenvalue weighted by atomic mass is 127. The van der Waals surface area contributed by atoms with Crippen LogP contribution in [0.3, 0.4) is 0 Å². The molecule has 1 rings (SSSR count). The fourth-order valence-electron chi connectivity index (χ4n) is 0.911. The summed E-state index contributed by atoms with van der Waals surface area (Å²) in [6, 6.07) is 8.08. The van der Waals surface area contributed by atoms with Crippen LogP contribution in [0.5, 0.6) is 0 Å². The van der Waals surface area contributed by atoms with Crippen molar-refractivity contribution in [1.82, 2.24) is 0 Å². The summed E-state index contributed by atoms with van der Waals surface area (Å²) in [7, 11) is 0. The predicted molar refractivity (Wildman–Crippen MR) is 64.1 cm³/mol. The third-order valence-corrected chi connectivity index (χ3v) is 2.42. The van der Waals surface area contributed by atoms with Crippen molar-refractivity contribution in [2.45, 2.75) is 6.92 Å². The Hall–Kier alpha value is -0.640. The summed E-state index contributed by atoms with van der Waals surface area (Å²) in [4.78, 5) is 11.0. The Morgan fingerprint density at radius 2 is 2.00 bits per heavy atom. The molecule has 0 fully saturated rings. The molecule has 2 heteroatoms. The molecule has 1 aromatic carbocycles. The van der Waals surface area contributed by atoms with Crippen LogP contribution >= 0.6 is 22.6 Å². The molecule has 0 saturated carbocycles. The van der Waals surface area contributed by atoms with E-state index in [0.717, 1.165) is 5.56 Å². The van der Waals surface area contributed by atoms with Gasteiger partial charge in [0.25, 0.3) is 0 Å². The number of carbonyl (C=O) groups is 1. The molecule has 0 radical (unpaired) electrons. The van der Waals surface area contributed by atoms with Gasteiger partial charge in [-0.05, 0) is 18.6 Å². The molecule has 1 aromatic rings. The van der Waals surface area contributed by atoms with Gasteiger partial charge in [0.1, 0.15) is 0 Å². The molecule has 0 aliphatic rings. The number of halogens is 1. The molecule has 0 N–H and O–H groups in total. The van der Waals surface area contributed by atoms with Crippen LogP contribution in [0.1, 0.15) is 11.1 Å². The standard InChI is InChI=1S/C11H11IO/c1-9-2-4-10(5-3-9)6-7-11(13)8-12/h2-7H,8H2,1H3/b7-6+. The van der Waals surface area contributed by atoms with Gasteiger partial charge in [-0.15, -0.1) is 0 Å². The van der Waals surface area contributed by atoms with Crippen LogP contribution in [-0.2, 0) is 4.79 Å². The van der Waals surface area contributed by atoms with E-state index in [4.69, 9.17) is 0 Å². The van der Waals surface area contributed by atoms with Crippen LogP contribution in [0.4, 0.5) is 0 Å². The lowest BCUT2D eigenvalue weighted by Crippen LogP contribution is -1.90. The van der Waals surface area contributed by atoms with Gasteiger partial charge in [-0.3, -0.25) is 4.79 Å². The Labute approximate surface area is 92.0 Å². The van der Waals surface area contributed by atoms with Gasteiger partial charge in [-0.1, -0.05) is 58.5 Å². The maximum atomic E-state index is 11.0. The quantitative estimate of drug-likeness (QED) is 0.474. The van der Waals surface area contributed by atoms with Gasteiger partial charge in [-0.25, -0.2) is 0 Å². The van der Waals surface area contributed by atoms with E-state index in [1.165, 1.54) is 5.56 Å². The van der Waals surface area contributed by atoms with Crippen LogP contribution in [0.15, 0.2) is 30.3 Å². The average molecular weight is 286 g/mol. The maximum absolute atomic E-state index is 11.0. The maximum Gasteiger partial charge on any atom is 0.165 e. The zero-order valence-electron chi connectivity index (χ0n) is 7.46. The SMILES string of the molecule is Cc1ccc(/C=C/C(=O)CI)cc1. The van der Waals surface area contributed by atoms with E-state index < -0.39 is 0 Å². The summed E-state index contributed by atoms with van der Waals surface area (Å²) in [6.07, 6.45) is 3.47. The molecule has 0 aliphatic carbocycles. The first-order valence-corrected chi connectivity index (χ1v) is 5.58. The van der Waals surface area contributed by atoms with Crippen LogP contribution in [0.2, 0.25) is 0 Å². The number of aryl methyl sites for hydroxylation is 1. The summed E-state index contributed by atoms with van der Waals surface area (Å²) < 4.78 is 0.542. The molecule has 0 amide bonds. The van der Waals surface area contributed by atoms with Crippen molar-refractivity contribution in [3.8, 4) is 0 Å². The Bertz CT molecular complexity index is 311. The van der Waals surface area contributed by atoms with Gasteiger partial charge in [0.05, 0.1) is 4.43 Å². The number of alkyl halides is 1. The van der Waals surface area contributed by atoms with Gasteiger partial charge in [0.2, 0.25) is 0 Å². The van der Waals surface area contributed by atoms with E-state index in [1.54, 1.807) is 6.08 Å². The Kier molecular flexibility index (Phi) is 4.15. The van der Waals surface area contributed by atoms with Crippen LogP contribution < -0.4 is 0 Å². The van der Waals surface area contributed by atoms with Gasteiger partial charge >= 0.3 is 0 Å². The van der Waals surface area contributed by atoms with E-state index in [1.807, 2.05) is 37.3 Å².